The Morgan fingerprint density at radius 1 is 1.08 bits per heavy atom. The molecule has 8 nitrogen and oxygen atoms in total. The highest BCUT2D eigenvalue weighted by molar-refractivity contribution is 7.08. The van der Waals surface area contributed by atoms with Crippen molar-refractivity contribution in [3.05, 3.63) is 65.7 Å². The zero-order valence-corrected chi connectivity index (χ0v) is 20.4. The molecule has 0 aliphatic heterocycles. The number of H-pyrrole nitrogens is 2. The van der Waals surface area contributed by atoms with E-state index in [2.05, 4.69) is 60.3 Å². The van der Waals surface area contributed by atoms with Gasteiger partial charge in [0.15, 0.2) is 5.82 Å². The molecule has 3 N–H and O–H groups in total. The summed E-state index contributed by atoms with van der Waals surface area (Å²) in [5.74, 6) is 0.675. The number of para-hydroxylation sites is 1. The molecule has 1 aromatic carbocycles. The van der Waals surface area contributed by atoms with Gasteiger partial charge in [-0.05, 0) is 47.0 Å². The van der Waals surface area contributed by atoms with Gasteiger partial charge < -0.3 is 10.3 Å². The van der Waals surface area contributed by atoms with Crippen LogP contribution in [0.15, 0.2) is 65.7 Å². The molecule has 0 radical (unpaired) electrons. The molecule has 0 unspecified atom stereocenters. The number of anilines is 1. The number of rotatable bonds is 7. The fourth-order valence-corrected chi connectivity index (χ4v) is 4.92. The largest absolute Gasteiger partial charge is 0.337 e. The minimum absolute atomic E-state index is 0.0111. The fourth-order valence-electron chi connectivity index (χ4n) is 4.26. The molecule has 0 aliphatic rings. The van der Waals surface area contributed by atoms with E-state index >= 15 is 0 Å². The number of nitrogens with one attached hydrogen (secondary N) is 3. The molecule has 0 aliphatic carbocycles. The van der Waals surface area contributed by atoms with E-state index in [-0.39, 0.29) is 5.91 Å². The number of nitrogens with zero attached hydrogens (tertiary/aromatic N) is 4. The van der Waals surface area contributed by atoms with E-state index < -0.39 is 0 Å². The van der Waals surface area contributed by atoms with Crippen molar-refractivity contribution < 1.29 is 4.79 Å². The van der Waals surface area contributed by atoms with Crippen molar-refractivity contribution in [2.45, 2.75) is 26.2 Å². The van der Waals surface area contributed by atoms with Crippen molar-refractivity contribution in [3.63, 3.8) is 0 Å². The Kier molecular flexibility index (Phi) is 5.74. The van der Waals surface area contributed by atoms with Crippen LogP contribution in [0.3, 0.4) is 0 Å². The molecule has 6 rings (SSSR count). The van der Waals surface area contributed by atoms with E-state index in [1.807, 2.05) is 24.3 Å². The molecule has 0 bridgehead atoms. The van der Waals surface area contributed by atoms with E-state index in [0.717, 1.165) is 62.9 Å². The number of thiophene rings is 1. The van der Waals surface area contributed by atoms with E-state index in [1.54, 1.807) is 29.9 Å². The van der Waals surface area contributed by atoms with Gasteiger partial charge in [-0.2, -0.15) is 16.4 Å². The second-order valence-corrected chi connectivity index (χ2v) is 9.38. The summed E-state index contributed by atoms with van der Waals surface area (Å²) in [5.41, 5.74) is 7.82. The summed E-state index contributed by atoms with van der Waals surface area (Å²) < 4.78 is 0. The Balaban J connectivity index is 1.37. The summed E-state index contributed by atoms with van der Waals surface area (Å²) in [7, 11) is 0. The van der Waals surface area contributed by atoms with Crippen LogP contribution in [0.5, 0.6) is 0 Å². The number of carbonyl (C=O) groups is 1. The Morgan fingerprint density at radius 3 is 2.89 bits per heavy atom. The van der Waals surface area contributed by atoms with Crippen LogP contribution in [-0.4, -0.2) is 36.0 Å². The van der Waals surface area contributed by atoms with Crippen LogP contribution in [0.4, 0.5) is 5.69 Å². The number of carbonyl (C=O) groups excluding carboxylic acids is 1. The van der Waals surface area contributed by atoms with Crippen molar-refractivity contribution in [3.8, 4) is 33.9 Å². The molecule has 6 aromatic rings. The molecule has 1 amide bonds. The third-order valence-electron chi connectivity index (χ3n) is 6.09. The highest BCUT2D eigenvalue weighted by Crippen LogP contribution is 2.33. The lowest BCUT2D eigenvalue weighted by Crippen LogP contribution is -2.11. The minimum atomic E-state index is -0.0111. The number of fused-ring (bicyclic) bond motifs is 2. The Morgan fingerprint density at radius 2 is 2.03 bits per heavy atom. The first-order valence-electron chi connectivity index (χ1n) is 11.8. The van der Waals surface area contributed by atoms with Crippen molar-refractivity contribution in [1.29, 1.82) is 0 Å². The molecular formula is C27H23N7OS. The molecule has 0 atom stereocenters. The predicted molar refractivity (Wildman–Crippen MR) is 144 cm³/mol. The van der Waals surface area contributed by atoms with Gasteiger partial charge in [0.05, 0.1) is 40.3 Å². The van der Waals surface area contributed by atoms with Gasteiger partial charge in [-0.1, -0.05) is 25.5 Å². The molecule has 0 saturated heterocycles. The van der Waals surface area contributed by atoms with Gasteiger partial charge in [0, 0.05) is 29.1 Å². The van der Waals surface area contributed by atoms with Gasteiger partial charge in [0.25, 0.3) is 0 Å². The maximum atomic E-state index is 12.2. The SMILES string of the molecule is CCCCC(=O)Nc1cncc(-c2cc3c(-c4nc5c(-c6ccsc6)cccc5[nH]4)n[nH]c3cn2)c1. The zero-order chi connectivity index (χ0) is 24.5. The number of unbranched alkanes of at least 4 members (excludes halogenated alkanes) is 1. The van der Waals surface area contributed by atoms with Crippen molar-refractivity contribution in [1.82, 2.24) is 30.1 Å². The van der Waals surface area contributed by atoms with Crippen molar-refractivity contribution >= 4 is 44.9 Å². The summed E-state index contributed by atoms with van der Waals surface area (Å²) in [5, 5.41) is 15.6. The lowest BCUT2D eigenvalue weighted by molar-refractivity contribution is -0.116. The Hall–Kier alpha value is -4.37. The molecule has 0 fully saturated rings. The number of hydrogen-bond acceptors (Lipinski definition) is 6. The monoisotopic (exact) mass is 493 g/mol. The molecule has 5 aromatic heterocycles. The van der Waals surface area contributed by atoms with Crippen LogP contribution in [0, 0.1) is 0 Å². The molecule has 5 heterocycles. The highest BCUT2D eigenvalue weighted by Gasteiger charge is 2.16. The summed E-state index contributed by atoms with van der Waals surface area (Å²) in [4.78, 5) is 29.4. The summed E-state index contributed by atoms with van der Waals surface area (Å²) in [6.07, 6.45) is 7.47. The normalized spacial score (nSPS) is 11.4. The number of aromatic nitrogens is 6. The number of benzene rings is 1. The summed E-state index contributed by atoms with van der Waals surface area (Å²) in [6.45, 7) is 2.06. The maximum Gasteiger partial charge on any atom is 0.224 e. The molecule has 36 heavy (non-hydrogen) atoms. The topological polar surface area (TPSA) is 112 Å². The van der Waals surface area contributed by atoms with Crippen LogP contribution in [0.25, 0.3) is 55.8 Å². The molecule has 9 heteroatoms. The quantitative estimate of drug-likeness (QED) is 0.237. The van der Waals surface area contributed by atoms with Crippen molar-refractivity contribution in [2.75, 3.05) is 5.32 Å². The van der Waals surface area contributed by atoms with Crippen LogP contribution in [0.1, 0.15) is 26.2 Å². The number of hydrogen-bond donors (Lipinski definition) is 3. The average Bonchev–Trinajstić information content (AvgIpc) is 3.66. The molecular weight excluding hydrogens is 470 g/mol. The lowest BCUT2D eigenvalue weighted by Gasteiger charge is -2.07. The average molecular weight is 494 g/mol. The first kappa shape index (κ1) is 22.1. The van der Waals surface area contributed by atoms with Crippen molar-refractivity contribution in [2.24, 2.45) is 0 Å². The van der Waals surface area contributed by atoms with Crippen LogP contribution in [0.2, 0.25) is 0 Å². The molecule has 178 valence electrons. The third-order valence-corrected chi connectivity index (χ3v) is 6.77. The standard InChI is InChI=1S/C27H23N7OS/c1-2-3-7-24(35)30-18-10-17(12-28-13-18)22-11-20-23(14-29-22)33-34-26(20)27-31-21-6-4-5-19(25(21)32-27)16-8-9-36-15-16/h4-6,8-15H,2-3,7H2,1H3,(H,30,35)(H,31,32)(H,33,34). The van der Waals surface area contributed by atoms with Gasteiger partial charge >= 0.3 is 0 Å². The van der Waals surface area contributed by atoms with Gasteiger partial charge in [-0.15, -0.1) is 0 Å². The van der Waals surface area contributed by atoms with Crippen LogP contribution in [-0.2, 0) is 4.79 Å². The smallest absolute Gasteiger partial charge is 0.224 e. The van der Waals surface area contributed by atoms with E-state index in [4.69, 9.17) is 4.98 Å². The predicted octanol–water partition coefficient (Wildman–Crippen LogP) is 6.42. The van der Waals surface area contributed by atoms with Crippen LogP contribution >= 0.6 is 11.3 Å². The van der Waals surface area contributed by atoms with Gasteiger partial charge in [0.2, 0.25) is 5.91 Å². The number of pyridine rings is 2. The second kappa shape index (κ2) is 9.35. The first-order valence-corrected chi connectivity index (χ1v) is 12.7. The van der Waals surface area contributed by atoms with Gasteiger partial charge in [0.1, 0.15) is 5.69 Å². The zero-order valence-electron chi connectivity index (χ0n) is 19.6. The minimum Gasteiger partial charge on any atom is -0.337 e. The fraction of sp³-hybridized carbons (Fsp3) is 0.148. The van der Waals surface area contributed by atoms with Gasteiger partial charge in [-0.3, -0.25) is 19.9 Å². The molecule has 0 spiro atoms. The lowest BCUT2D eigenvalue weighted by atomic mass is 10.1. The highest BCUT2D eigenvalue weighted by atomic mass is 32.1. The number of aromatic amines is 2. The Bertz CT molecular complexity index is 1680. The van der Waals surface area contributed by atoms with E-state index in [0.29, 0.717) is 17.9 Å². The second-order valence-electron chi connectivity index (χ2n) is 8.60. The number of imidazole rings is 1. The Labute approximate surface area is 210 Å². The van der Waals surface area contributed by atoms with Gasteiger partial charge in [-0.25, -0.2) is 4.98 Å². The number of amides is 1. The summed E-state index contributed by atoms with van der Waals surface area (Å²) in [6, 6.07) is 12.1. The first-order chi connectivity index (χ1) is 17.7. The van der Waals surface area contributed by atoms with E-state index in [1.165, 1.54) is 0 Å². The maximum absolute atomic E-state index is 12.2. The van der Waals surface area contributed by atoms with E-state index in [9.17, 15) is 4.79 Å². The van der Waals surface area contributed by atoms with Crippen LogP contribution < -0.4 is 5.32 Å². The summed E-state index contributed by atoms with van der Waals surface area (Å²) >= 11 is 1.67. The third kappa shape index (κ3) is 4.14. The molecule has 0 saturated carbocycles.